The first-order valence-electron chi connectivity index (χ1n) is 6.75. The molecule has 0 spiro atoms. The summed E-state index contributed by atoms with van der Waals surface area (Å²) in [5.41, 5.74) is 1.85. The fourth-order valence-electron chi connectivity index (χ4n) is 2.54. The summed E-state index contributed by atoms with van der Waals surface area (Å²) in [5.74, 6) is -0.160. The molecule has 3 heteroatoms. The lowest BCUT2D eigenvalue weighted by atomic mass is 9.97. The summed E-state index contributed by atoms with van der Waals surface area (Å²) in [6, 6.07) is 15.2. The number of hydrogen-bond donors (Lipinski definition) is 1. The highest BCUT2D eigenvalue weighted by atomic mass is 32.1. The third-order valence-corrected chi connectivity index (χ3v) is 4.42. The Hall–Kier alpha value is -1.71. The van der Waals surface area contributed by atoms with Crippen LogP contribution in [0.4, 0.5) is 4.39 Å². The third-order valence-electron chi connectivity index (χ3n) is 3.44. The lowest BCUT2D eigenvalue weighted by Gasteiger charge is -2.20. The van der Waals surface area contributed by atoms with Gasteiger partial charge in [0.2, 0.25) is 0 Å². The number of rotatable bonds is 4. The molecule has 1 nitrogen and oxygen atoms in total. The van der Waals surface area contributed by atoms with Crippen molar-refractivity contribution in [1.29, 1.82) is 0 Å². The molecule has 3 aromatic rings. The molecule has 3 rings (SSSR count). The fraction of sp³-hybridized carbons (Fsp3) is 0.176. The van der Waals surface area contributed by atoms with E-state index in [1.807, 2.05) is 25.1 Å². The van der Waals surface area contributed by atoms with Gasteiger partial charge in [-0.15, -0.1) is 11.3 Å². The van der Waals surface area contributed by atoms with Gasteiger partial charge < -0.3 is 5.32 Å². The quantitative estimate of drug-likeness (QED) is 0.730. The van der Waals surface area contributed by atoms with E-state index in [4.69, 9.17) is 0 Å². The Morgan fingerprint density at radius 1 is 1.05 bits per heavy atom. The van der Waals surface area contributed by atoms with Crippen molar-refractivity contribution in [2.24, 2.45) is 0 Å². The lowest BCUT2D eigenvalue weighted by Crippen LogP contribution is -2.23. The topological polar surface area (TPSA) is 12.0 Å². The Morgan fingerprint density at radius 2 is 1.85 bits per heavy atom. The summed E-state index contributed by atoms with van der Waals surface area (Å²) in [4.78, 5) is 0. The van der Waals surface area contributed by atoms with Crippen LogP contribution in [0.3, 0.4) is 0 Å². The SMILES string of the molecule is CCNC(c1ccccc1F)c1cccc2ccsc12. The number of fused-ring (bicyclic) bond motifs is 1. The number of benzene rings is 2. The van der Waals surface area contributed by atoms with Crippen molar-refractivity contribution in [2.75, 3.05) is 6.54 Å². The molecule has 1 heterocycles. The molecule has 0 aliphatic rings. The minimum Gasteiger partial charge on any atom is -0.306 e. The summed E-state index contributed by atoms with van der Waals surface area (Å²) >= 11 is 1.71. The molecule has 1 N–H and O–H groups in total. The highest BCUT2D eigenvalue weighted by molar-refractivity contribution is 7.17. The smallest absolute Gasteiger partial charge is 0.128 e. The van der Waals surface area contributed by atoms with Crippen molar-refractivity contribution >= 4 is 21.4 Å². The summed E-state index contributed by atoms with van der Waals surface area (Å²) < 4.78 is 15.4. The van der Waals surface area contributed by atoms with E-state index in [-0.39, 0.29) is 11.9 Å². The first-order chi connectivity index (χ1) is 9.81. The van der Waals surface area contributed by atoms with Gasteiger partial charge in [-0.25, -0.2) is 4.39 Å². The van der Waals surface area contributed by atoms with E-state index >= 15 is 0 Å². The van der Waals surface area contributed by atoms with E-state index in [1.54, 1.807) is 17.4 Å². The number of nitrogens with one attached hydrogen (secondary N) is 1. The maximum atomic E-state index is 14.1. The normalized spacial score (nSPS) is 12.7. The molecular weight excluding hydrogens is 269 g/mol. The van der Waals surface area contributed by atoms with E-state index < -0.39 is 0 Å². The number of hydrogen-bond acceptors (Lipinski definition) is 2. The molecule has 2 aromatic carbocycles. The molecule has 20 heavy (non-hydrogen) atoms. The van der Waals surface area contributed by atoms with Crippen molar-refractivity contribution in [3.05, 3.63) is 70.9 Å². The fourth-order valence-corrected chi connectivity index (χ4v) is 3.49. The Morgan fingerprint density at radius 3 is 2.65 bits per heavy atom. The second kappa shape index (κ2) is 5.73. The molecule has 0 fully saturated rings. The van der Waals surface area contributed by atoms with E-state index in [0.717, 1.165) is 12.1 Å². The second-order valence-electron chi connectivity index (χ2n) is 4.70. The number of halogens is 1. The van der Waals surface area contributed by atoms with Gasteiger partial charge in [0, 0.05) is 10.3 Å². The Bertz CT molecular complexity index is 720. The van der Waals surface area contributed by atoms with Crippen LogP contribution in [0.2, 0.25) is 0 Å². The van der Waals surface area contributed by atoms with Crippen LogP contribution in [0.25, 0.3) is 10.1 Å². The standard InChI is InChI=1S/C17H16FNS/c1-2-19-16(13-7-3-4-9-15(13)18)14-8-5-6-12-10-11-20-17(12)14/h3-11,16,19H,2H2,1H3. The van der Waals surface area contributed by atoms with E-state index in [9.17, 15) is 4.39 Å². The molecule has 1 atom stereocenters. The predicted molar refractivity (Wildman–Crippen MR) is 83.7 cm³/mol. The van der Waals surface area contributed by atoms with Gasteiger partial charge in [-0.3, -0.25) is 0 Å². The Balaban J connectivity index is 2.16. The summed E-state index contributed by atoms with van der Waals surface area (Å²) in [6.07, 6.45) is 0. The predicted octanol–water partition coefficient (Wildman–Crippen LogP) is 4.74. The zero-order valence-corrected chi connectivity index (χ0v) is 12.1. The highest BCUT2D eigenvalue weighted by Crippen LogP contribution is 2.33. The second-order valence-corrected chi connectivity index (χ2v) is 5.61. The van der Waals surface area contributed by atoms with Crippen molar-refractivity contribution < 1.29 is 4.39 Å². The molecule has 0 aliphatic heterocycles. The summed E-state index contributed by atoms with van der Waals surface area (Å²) in [5, 5.41) is 6.70. The van der Waals surface area contributed by atoms with Gasteiger partial charge in [-0.1, -0.05) is 43.3 Å². The first-order valence-corrected chi connectivity index (χ1v) is 7.63. The molecule has 0 bridgehead atoms. The Labute approximate surface area is 122 Å². The molecular formula is C17H16FNS. The van der Waals surface area contributed by atoms with Gasteiger partial charge in [0.15, 0.2) is 0 Å². The monoisotopic (exact) mass is 285 g/mol. The van der Waals surface area contributed by atoms with Crippen molar-refractivity contribution in [3.63, 3.8) is 0 Å². The zero-order chi connectivity index (χ0) is 13.9. The minimum atomic E-state index is -0.160. The largest absolute Gasteiger partial charge is 0.306 e. The summed E-state index contributed by atoms with van der Waals surface area (Å²) in [7, 11) is 0. The van der Waals surface area contributed by atoms with Crippen molar-refractivity contribution in [2.45, 2.75) is 13.0 Å². The average molecular weight is 285 g/mol. The Kier molecular flexibility index (Phi) is 3.81. The van der Waals surface area contributed by atoms with Crippen LogP contribution < -0.4 is 5.32 Å². The lowest BCUT2D eigenvalue weighted by molar-refractivity contribution is 0.561. The van der Waals surface area contributed by atoms with Gasteiger partial charge in [0.25, 0.3) is 0 Å². The molecule has 1 aromatic heterocycles. The van der Waals surface area contributed by atoms with Crippen LogP contribution in [0.15, 0.2) is 53.9 Å². The highest BCUT2D eigenvalue weighted by Gasteiger charge is 2.19. The third kappa shape index (κ3) is 2.35. The minimum absolute atomic E-state index is 0.108. The van der Waals surface area contributed by atoms with Gasteiger partial charge in [0.05, 0.1) is 6.04 Å². The van der Waals surface area contributed by atoms with Crippen LogP contribution in [0.5, 0.6) is 0 Å². The maximum absolute atomic E-state index is 14.1. The van der Waals surface area contributed by atoms with Crippen molar-refractivity contribution in [3.8, 4) is 0 Å². The van der Waals surface area contributed by atoms with Gasteiger partial charge in [-0.2, -0.15) is 0 Å². The van der Waals surface area contributed by atoms with E-state index in [1.165, 1.54) is 16.2 Å². The molecule has 0 saturated heterocycles. The average Bonchev–Trinajstić information content (AvgIpc) is 2.94. The molecule has 0 radical (unpaired) electrons. The number of thiophene rings is 1. The van der Waals surface area contributed by atoms with Gasteiger partial charge in [0.1, 0.15) is 5.82 Å². The van der Waals surface area contributed by atoms with Crippen LogP contribution >= 0.6 is 11.3 Å². The van der Waals surface area contributed by atoms with Crippen LogP contribution in [-0.4, -0.2) is 6.54 Å². The van der Waals surface area contributed by atoms with Crippen molar-refractivity contribution in [1.82, 2.24) is 5.32 Å². The molecule has 1 unspecified atom stereocenters. The zero-order valence-electron chi connectivity index (χ0n) is 11.3. The molecule has 0 saturated carbocycles. The van der Waals surface area contributed by atoms with Crippen LogP contribution in [-0.2, 0) is 0 Å². The molecule has 0 aliphatic carbocycles. The maximum Gasteiger partial charge on any atom is 0.128 e. The summed E-state index contributed by atoms with van der Waals surface area (Å²) in [6.45, 7) is 2.84. The molecule has 0 amide bonds. The van der Waals surface area contributed by atoms with Gasteiger partial charge in [-0.05, 0) is 35.0 Å². The van der Waals surface area contributed by atoms with E-state index in [0.29, 0.717) is 5.56 Å². The van der Waals surface area contributed by atoms with Crippen LogP contribution in [0.1, 0.15) is 24.1 Å². The molecule has 102 valence electrons. The van der Waals surface area contributed by atoms with Gasteiger partial charge >= 0.3 is 0 Å². The van der Waals surface area contributed by atoms with Crippen LogP contribution in [0, 0.1) is 5.82 Å². The van der Waals surface area contributed by atoms with E-state index in [2.05, 4.69) is 28.9 Å². The first kappa shape index (κ1) is 13.3.